The van der Waals surface area contributed by atoms with Crippen LogP contribution in [0.2, 0.25) is 0 Å². The highest BCUT2D eigenvalue weighted by molar-refractivity contribution is 7.90. The monoisotopic (exact) mass is 472 g/mol. The van der Waals surface area contributed by atoms with Crippen LogP contribution in [0.5, 0.6) is 11.5 Å². The molecule has 2 aliphatic rings. The average Bonchev–Trinajstić information content (AvgIpc) is 3.51. The summed E-state index contributed by atoms with van der Waals surface area (Å²) in [7, 11) is -1.91. The van der Waals surface area contributed by atoms with Gasteiger partial charge in [0.05, 0.1) is 30.9 Å². The number of primary amides is 1. The molecule has 1 atom stereocenters. The van der Waals surface area contributed by atoms with E-state index < -0.39 is 27.2 Å². The van der Waals surface area contributed by atoms with Gasteiger partial charge in [0.25, 0.3) is 5.91 Å². The molecule has 2 aromatic rings. The molecular weight excluding hydrogens is 444 g/mol. The largest absolute Gasteiger partial charge is 0.493 e. The summed E-state index contributed by atoms with van der Waals surface area (Å²) in [5, 5.41) is 0. The first-order valence-corrected chi connectivity index (χ1v) is 12.9. The second-order valence-corrected chi connectivity index (χ2v) is 10.9. The van der Waals surface area contributed by atoms with E-state index in [1.165, 1.54) is 7.11 Å². The molecule has 0 aromatic heterocycles. The van der Waals surface area contributed by atoms with Crippen LogP contribution >= 0.6 is 0 Å². The van der Waals surface area contributed by atoms with Crippen molar-refractivity contribution in [3.63, 3.8) is 0 Å². The van der Waals surface area contributed by atoms with E-state index in [4.69, 9.17) is 15.2 Å². The SMILES string of the molecule is CCOc1cc([C@@H](CS(C)(=O)=O)N2Cc3cccc(C4(C(N)=O)CC4)c3C2=O)ccc1OC. The number of nitrogens with zero attached hydrogens (tertiary/aromatic N) is 1. The van der Waals surface area contributed by atoms with E-state index in [0.717, 1.165) is 11.8 Å². The van der Waals surface area contributed by atoms with Crippen molar-refractivity contribution in [1.82, 2.24) is 4.90 Å². The second kappa shape index (κ2) is 8.37. The first-order valence-electron chi connectivity index (χ1n) is 10.8. The van der Waals surface area contributed by atoms with Gasteiger partial charge in [-0.3, -0.25) is 9.59 Å². The summed E-state index contributed by atoms with van der Waals surface area (Å²) < 4.78 is 35.7. The highest BCUT2D eigenvalue weighted by atomic mass is 32.2. The van der Waals surface area contributed by atoms with E-state index in [9.17, 15) is 18.0 Å². The summed E-state index contributed by atoms with van der Waals surface area (Å²) in [5.74, 6) is 0.0172. The van der Waals surface area contributed by atoms with Crippen LogP contribution in [0.1, 0.15) is 52.9 Å². The number of hydrogen-bond donors (Lipinski definition) is 1. The maximum absolute atomic E-state index is 13.7. The standard InChI is InChI=1S/C24H28N2O6S/c1-4-32-20-12-15(8-9-19(20)31-2)18(14-33(3,29)30)26-13-16-6-5-7-17(21(16)22(26)27)24(10-11-24)23(25)28/h5-9,12,18H,4,10-11,13-14H2,1-3H3,(H2,25,28)/t18-/m1/s1. The number of carbonyl (C=O) groups excluding carboxylic acids is 2. The molecule has 33 heavy (non-hydrogen) atoms. The minimum absolute atomic E-state index is 0.243. The van der Waals surface area contributed by atoms with Gasteiger partial charge < -0.3 is 20.1 Å². The molecule has 2 amide bonds. The molecule has 1 saturated carbocycles. The van der Waals surface area contributed by atoms with Crippen LogP contribution in [0.4, 0.5) is 0 Å². The molecule has 2 N–H and O–H groups in total. The van der Waals surface area contributed by atoms with E-state index in [0.29, 0.717) is 47.6 Å². The van der Waals surface area contributed by atoms with Crippen molar-refractivity contribution in [2.24, 2.45) is 5.73 Å². The van der Waals surface area contributed by atoms with E-state index in [-0.39, 0.29) is 18.2 Å². The van der Waals surface area contributed by atoms with Gasteiger partial charge in [0.15, 0.2) is 11.5 Å². The Labute approximate surface area is 193 Å². The molecule has 1 fully saturated rings. The average molecular weight is 473 g/mol. The number of fused-ring (bicyclic) bond motifs is 1. The van der Waals surface area contributed by atoms with Gasteiger partial charge in [-0.2, -0.15) is 0 Å². The number of benzene rings is 2. The van der Waals surface area contributed by atoms with Gasteiger partial charge >= 0.3 is 0 Å². The molecule has 176 valence electrons. The van der Waals surface area contributed by atoms with Gasteiger partial charge in [0, 0.05) is 18.4 Å². The van der Waals surface area contributed by atoms with Gasteiger partial charge in [0.1, 0.15) is 9.84 Å². The van der Waals surface area contributed by atoms with Crippen molar-refractivity contribution in [1.29, 1.82) is 0 Å². The molecule has 0 bridgehead atoms. The Balaban J connectivity index is 1.78. The summed E-state index contributed by atoms with van der Waals surface area (Å²) >= 11 is 0. The molecular formula is C24H28N2O6S. The fourth-order valence-corrected chi connectivity index (χ4v) is 5.58. The van der Waals surface area contributed by atoms with Crippen LogP contribution < -0.4 is 15.2 Å². The van der Waals surface area contributed by atoms with Gasteiger partial charge in [0.2, 0.25) is 5.91 Å². The number of sulfone groups is 1. The molecule has 0 spiro atoms. The predicted molar refractivity (Wildman–Crippen MR) is 123 cm³/mol. The van der Waals surface area contributed by atoms with Gasteiger partial charge in [-0.05, 0) is 48.6 Å². The van der Waals surface area contributed by atoms with Crippen LogP contribution in [-0.4, -0.2) is 50.9 Å². The lowest BCUT2D eigenvalue weighted by Crippen LogP contribution is -2.35. The van der Waals surface area contributed by atoms with Gasteiger partial charge in [-0.25, -0.2) is 8.42 Å². The summed E-state index contributed by atoms with van der Waals surface area (Å²) in [4.78, 5) is 27.4. The summed E-state index contributed by atoms with van der Waals surface area (Å²) in [5.41, 5.74) is 7.36. The number of nitrogens with two attached hydrogens (primary N) is 1. The van der Waals surface area contributed by atoms with Crippen LogP contribution in [0.3, 0.4) is 0 Å². The van der Waals surface area contributed by atoms with Crippen LogP contribution in [0.15, 0.2) is 36.4 Å². The zero-order chi connectivity index (χ0) is 24.0. The Morgan fingerprint density at radius 2 is 1.94 bits per heavy atom. The van der Waals surface area contributed by atoms with Crippen LogP contribution in [-0.2, 0) is 26.6 Å². The van der Waals surface area contributed by atoms with Gasteiger partial charge in [-0.1, -0.05) is 24.3 Å². The Morgan fingerprint density at radius 1 is 1.21 bits per heavy atom. The molecule has 0 radical (unpaired) electrons. The van der Waals surface area contributed by atoms with Crippen molar-refractivity contribution in [3.05, 3.63) is 58.7 Å². The Hall–Kier alpha value is -3.07. The lowest BCUT2D eigenvalue weighted by atomic mass is 9.89. The van der Waals surface area contributed by atoms with E-state index >= 15 is 0 Å². The maximum atomic E-state index is 13.7. The highest BCUT2D eigenvalue weighted by Gasteiger charge is 2.53. The number of methoxy groups -OCH3 is 1. The molecule has 9 heteroatoms. The number of hydrogen-bond acceptors (Lipinski definition) is 6. The molecule has 4 rings (SSSR count). The third-order valence-electron chi connectivity index (χ3n) is 6.41. The Bertz CT molecular complexity index is 1220. The van der Waals surface area contributed by atoms with Crippen LogP contribution in [0, 0.1) is 0 Å². The smallest absolute Gasteiger partial charge is 0.255 e. The molecule has 8 nitrogen and oxygen atoms in total. The number of rotatable bonds is 9. The Kier molecular flexibility index (Phi) is 5.86. The third kappa shape index (κ3) is 4.17. The minimum atomic E-state index is -3.44. The first kappa shape index (κ1) is 23.1. The quantitative estimate of drug-likeness (QED) is 0.599. The van der Waals surface area contributed by atoms with E-state index in [2.05, 4.69) is 0 Å². The lowest BCUT2D eigenvalue weighted by molar-refractivity contribution is -0.120. The number of amides is 2. The molecule has 1 aliphatic carbocycles. The third-order valence-corrected chi connectivity index (χ3v) is 7.33. The Morgan fingerprint density at radius 3 is 2.52 bits per heavy atom. The van der Waals surface area contributed by atoms with Crippen LogP contribution in [0.25, 0.3) is 0 Å². The highest BCUT2D eigenvalue weighted by Crippen LogP contribution is 2.51. The van der Waals surface area contributed by atoms with Crippen molar-refractivity contribution in [3.8, 4) is 11.5 Å². The summed E-state index contributed by atoms with van der Waals surface area (Å²) in [6.07, 6.45) is 2.36. The van der Waals surface area contributed by atoms with Crippen molar-refractivity contribution in [2.75, 3.05) is 25.7 Å². The maximum Gasteiger partial charge on any atom is 0.255 e. The van der Waals surface area contributed by atoms with Crippen molar-refractivity contribution < 1.29 is 27.5 Å². The predicted octanol–water partition coefficient (Wildman–Crippen LogP) is 2.35. The number of ether oxygens (including phenoxy) is 2. The zero-order valence-electron chi connectivity index (χ0n) is 19.0. The normalized spacial score (nSPS) is 17.4. The fourth-order valence-electron chi connectivity index (χ4n) is 4.63. The number of carbonyl (C=O) groups is 2. The van der Waals surface area contributed by atoms with Crippen molar-refractivity contribution >= 4 is 21.7 Å². The fraction of sp³-hybridized carbons (Fsp3) is 0.417. The second-order valence-electron chi connectivity index (χ2n) is 8.67. The topological polar surface area (TPSA) is 116 Å². The van der Waals surface area contributed by atoms with E-state index in [1.807, 2.05) is 19.1 Å². The molecule has 0 unspecified atom stereocenters. The lowest BCUT2D eigenvalue weighted by Gasteiger charge is -2.28. The zero-order valence-corrected chi connectivity index (χ0v) is 19.8. The molecule has 2 aromatic carbocycles. The molecule has 1 aliphatic heterocycles. The summed E-state index contributed by atoms with van der Waals surface area (Å²) in [6.45, 7) is 2.49. The van der Waals surface area contributed by atoms with Gasteiger partial charge in [-0.15, -0.1) is 0 Å². The summed E-state index contributed by atoms with van der Waals surface area (Å²) in [6, 6.07) is 9.89. The minimum Gasteiger partial charge on any atom is -0.493 e. The first-order chi connectivity index (χ1) is 15.6. The molecule has 1 heterocycles. The molecule has 0 saturated heterocycles. The van der Waals surface area contributed by atoms with Crippen molar-refractivity contribution in [2.45, 2.75) is 37.8 Å². The van der Waals surface area contributed by atoms with E-state index in [1.54, 1.807) is 29.2 Å².